The summed E-state index contributed by atoms with van der Waals surface area (Å²) in [5.41, 5.74) is 0.539. The fourth-order valence-corrected chi connectivity index (χ4v) is 6.46. The van der Waals surface area contributed by atoms with E-state index < -0.39 is 39.3 Å². The number of sulfonamides is 1. The maximum atomic E-state index is 13.7. The van der Waals surface area contributed by atoms with Gasteiger partial charge in [0.2, 0.25) is 10.0 Å². The number of morpholine rings is 2. The molecule has 12 heteroatoms. The highest BCUT2D eigenvalue weighted by Crippen LogP contribution is 2.39. The van der Waals surface area contributed by atoms with Crippen molar-refractivity contribution in [1.82, 2.24) is 14.1 Å². The van der Waals surface area contributed by atoms with Gasteiger partial charge in [-0.3, -0.25) is 14.5 Å². The summed E-state index contributed by atoms with van der Waals surface area (Å²) in [4.78, 5) is 30.0. The first-order chi connectivity index (χ1) is 18.8. The summed E-state index contributed by atoms with van der Waals surface area (Å²) in [5.74, 6) is -2.51. The third-order valence-electron chi connectivity index (χ3n) is 7.22. The normalized spacial score (nSPS) is 22.9. The summed E-state index contributed by atoms with van der Waals surface area (Å²) in [5, 5.41) is 11.3. The Labute approximate surface area is 226 Å². The molecule has 2 aromatic carbocycles. The van der Waals surface area contributed by atoms with Gasteiger partial charge in [0.25, 0.3) is 11.7 Å². The number of likely N-dealkylation sites (tertiary alicyclic amines) is 1. The lowest BCUT2D eigenvalue weighted by atomic mass is 9.95. The molecular weight excluding hydrogens is 529 g/mol. The van der Waals surface area contributed by atoms with Crippen molar-refractivity contribution in [2.24, 2.45) is 0 Å². The molecule has 1 atom stereocenters. The van der Waals surface area contributed by atoms with Crippen molar-refractivity contribution < 1.29 is 37.0 Å². The first-order valence-electron chi connectivity index (χ1n) is 12.8. The molecule has 2 aromatic rings. The average molecular weight is 560 g/mol. The van der Waals surface area contributed by atoms with Gasteiger partial charge in [-0.1, -0.05) is 12.1 Å². The van der Waals surface area contributed by atoms with Crippen LogP contribution in [0.2, 0.25) is 0 Å². The SMILES string of the molecule is O=C1C(=O)N(CCN2CCOCC2)C(c2ccc(F)cc2)/C1=C(\O)c1ccc(S(=O)(=O)N2CCOCC2)cc1. The van der Waals surface area contributed by atoms with E-state index in [0.29, 0.717) is 51.6 Å². The largest absolute Gasteiger partial charge is 0.507 e. The number of Topliss-reactive ketones (excluding diaryl/α,β-unsaturated/α-hetero) is 1. The van der Waals surface area contributed by atoms with Crippen LogP contribution < -0.4 is 0 Å². The minimum Gasteiger partial charge on any atom is -0.507 e. The highest BCUT2D eigenvalue weighted by Gasteiger charge is 2.46. The van der Waals surface area contributed by atoms with Crippen LogP contribution in [-0.2, 0) is 29.1 Å². The molecule has 0 bridgehead atoms. The highest BCUT2D eigenvalue weighted by atomic mass is 32.2. The summed E-state index contributed by atoms with van der Waals surface area (Å²) in [6.45, 7) is 4.40. The molecule has 0 aromatic heterocycles. The molecule has 3 saturated heterocycles. The predicted octanol–water partition coefficient (Wildman–Crippen LogP) is 1.60. The molecule has 0 aliphatic carbocycles. The predicted molar refractivity (Wildman–Crippen MR) is 139 cm³/mol. The van der Waals surface area contributed by atoms with Crippen LogP contribution in [0, 0.1) is 5.82 Å². The molecule has 5 rings (SSSR count). The lowest BCUT2D eigenvalue weighted by Gasteiger charge is -2.31. The number of hydrogen-bond donors (Lipinski definition) is 1. The van der Waals surface area contributed by atoms with Crippen molar-refractivity contribution in [2.45, 2.75) is 10.9 Å². The van der Waals surface area contributed by atoms with Crippen LogP contribution in [0.15, 0.2) is 59.0 Å². The summed E-state index contributed by atoms with van der Waals surface area (Å²) in [6, 6.07) is 10.1. The number of rotatable bonds is 7. The first-order valence-corrected chi connectivity index (χ1v) is 14.2. The monoisotopic (exact) mass is 559 g/mol. The van der Waals surface area contributed by atoms with Gasteiger partial charge in [0.1, 0.15) is 11.6 Å². The Kier molecular flexibility index (Phi) is 8.10. The zero-order valence-electron chi connectivity index (χ0n) is 21.3. The van der Waals surface area contributed by atoms with E-state index >= 15 is 0 Å². The van der Waals surface area contributed by atoms with Crippen LogP contribution in [0.4, 0.5) is 4.39 Å². The summed E-state index contributed by atoms with van der Waals surface area (Å²) in [7, 11) is -3.75. The average Bonchev–Trinajstić information content (AvgIpc) is 3.22. The maximum absolute atomic E-state index is 13.7. The Morgan fingerprint density at radius 2 is 1.46 bits per heavy atom. The van der Waals surface area contributed by atoms with E-state index in [1.807, 2.05) is 0 Å². The zero-order valence-corrected chi connectivity index (χ0v) is 22.1. The zero-order chi connectivity index (χ0) is 27.6. The number of carbonyl (C=O) groups is 2. The second kappa shape index (κ2) is 11.5. The Bertz CT molecular complexity index is 1350. The smallest absolute Gasteiger partial charge is 0.295 e. The number of carbonyl (C=O) groups excluding carboxylic acids is 2. The molecule has 0 saturated carbocycles. The number of benzene rings is 2. The van der Waals surface area contributed by atoms with Crippen molar-refractivity contribution in [3.8, 4) is 0 Å². The fraction of sp³-hybridized carbons (Fsp3) is 0.407. The summed E-state index contributed by atoms with van der Waals surface area (Å²) in [6.07, 6.45) is 0. The number of nitrogens with zero attached hydrogens (tertiary/aromatic N) is 3. The van der Waals surface area contributed by atoms with Gasteiger partial charge >= 0.3 is 0 Å². The molecule has 1 N–H and O–H groups in total. The van der Waals surface area contributed by atoms with Crippen molar-refractivity contribution >= 4 is 27.5 Å². The highest BCUT2D eigenvalue weighted by molar-refractivity contribution is 7.89. The number of ether oxygens (including phenoxy) is 2. The van der Waals surface area contributed by atoms with Gasteiger partial charge < -0.3 is 19.5 Å². The van der Waals surface area contributed by atoms with Gasteiger partial charge in [0.15, 0.2) is 0 Å². The maximum Gasteiger partial charge on any atom is 0.295 e. The third kappa shape index (κ3) is 5.61. The van der Waals surface area contributed by atoms with E-state index in [9.17, 15) is 27.5 Å². The van der Waals surface area contributed by atoms with Gasteiger partial charge in [-0.2, -0.15) is 4.31 Å². The van der Waals surface area contributed by atoms with Crippen molar-refractivity contribution in [3.05, 3.63) is 71.0 Å². The molecular formula is C27H30FN3O7S. The van der Waals surface area contributed by atoms with Gasteiger partial charge in [-0.25, -0.2) is 12.8 Å². The third-order valence-corrected chi connectivity index (χ3v) is 9.13. The Morgan fingerprint density at radius 1 is 0.872 bits per heavy atom. The van der Waals surface area contributed by atoms with Gasteiger partial charge in [-0.05, 0) is 42.0 Å². The lowest BCUT2D eigenvalue weighted by Crippen LogP contribution is -2.42. The molecule has 1 amide bonds. The van der Waals surface area contributed by atoms with E-state index in [4.69, 9.17) is 9.47 Å². The fourth-order valence-electron chi connectivity index (χ4n) is 5.05. The van der Waals surface area contributed by atoms with Crippen molar-refractivity contribution in [3.63, 3.8) is 0 Å². The number of hydrogen-bond acceptors (Lipinski definition) is 8. The lowest BCUT2D eigenvalue weighted by molar-refractivity contribution is -0.140. The minimum absolute atomic E-state index is 0.0435. The van der Waals surface area contributed by atoms with E-state index in [1.165, 1.54) is 57.7 Å². The molecule has 39 heavy (non-hydrogen) atoms. The molecule has 1 unspecified atom stereocenters. The molecule has 3 aliphatic heterocycles. The van der Waals surface area contributed by atoms with E-state index in [0.717, 1.165) is 0 Å². The quantitative estimate of drug-likeness (QED) is 0.309. The number of aliphatic hydroxyl groups excluding tert-OH is 1. The van der Waals surface area contributed by atoms with E-state index in [1.54, 1.807) is 0 Å². The molecule has 10 nitrogen and oxygen atoms in total. The van der Waals surface area contributed by atoms with Crippen LogP contribution in [-0.4, -0.2) is 105 Å². The van der Waals surface area contributed by atoms with E-state index in [-0.39, 0.29) is 35.7 Å². The van der Waals surface area contributed by atoms with Crippen LogP contribution in [0.3, 0.4) is 0 Å². The summed E-state index contributed by atoms with van der Waals surface area (Å²) >= 11 is 0. The van der Waals surface area contributed by atoms with Crippen molar-refractivity contribution in [2.75, 3.05) is 65.7 Å². The van der Waals surface area contributed by atoms with Crippen LogP contribution in [0.1, 0.15) is 17.2 Å². The molecule has 3 aliphatic rings. The Balaban J connectivity index is 1.47. The van der Waals surface area contributed by atoms with Crippen LogP contribution in [0.25, 0.3) is 5.76 Å². The summed E-state index contributed by atoms with van der Waals surface area (Å²) < 4.78 is 51.6. The first kappa shape index (κ1) is 27.4. The van der Waals surface area contributed by atoms with Gasteiger partial charge in [-0.15, -0.1) is 0 Å². The van der Waals surface area contributed by atoms with Crippen LogP contribution >= 0.6 is 0 Å². The molecule has 208 valence electrons. The van der Waals surface area contributed by atoms with Crippen molar-refractivity contribution in [1.29, 1.82) is 0 Å². The number of amides is 1. The Hall–Kier alpha value is -3.16. The molecule has 0 radical (unpaired) electrons. The minimum atomic E-state index is -3.75. The Morgan fingerprint density at radius 3 is 2.08 bits per heavy atom. The second-order valence-electron chi connectivity index (χ2n) is 9.54. The van der Waals surface area contributed by atoms with Crippen LogP contribution in [0.5, 0.6) is 0 Å². The topological polar surface area (TPSA) is 117 Å². The number of halogens is 1. The number of aliphatic hydroxyl groups is 1. The van der Waals surface area contributed by atoms with Gasteiger partial charge in [0, 0.05) is 44.8 Å². The van der Waals surface area contributed by atoms with Gasteiger partial charge in [0.05, 0.1) is 42.9 Å². The second-order valence-corrected chi connectivity index (χ2v) is 11.5. The standard InChI is InChI=1S/C27H30FN3O7S/c28-21-5-1-19(2-6-21)24-23(26(33)27(34)31(24)10-9-29-11-15-37-16-12-29)25(32)20-3-7-22(8-4-20)39(35,36)30-13-17-38-18-14-30/h1-8,24,32H,9-18H2/b25-23+. The number of ketones is 1. The van der Waals surface area contributed by atoms with E-state index in [2.05, 4.69) is 4.90 Å². The molecule has 3 heterocycles. The molecule has 0 spiro atoms. The molecule has 3 fully saturated rings.